The standard InChI is InChI=1S/C14H22N.ClH/c1-6-14(15(4,5)12(2)3)13-10-8-7-9-11-13;/h6-12,14H,1H2,2-5H3;1H/q+1;/p-1. The predicted molar refractivity (Wildman–Crippen MR) is 66.6 cm³/mol. The number of benzene rings is 1. The number of rotatable bonds is 4. The zero-order valence-electron chi connectivity index (χ0n) is 10.7. The molecule has 0 N–H and O–H groups in total. The van der Waals surface area contributed by atoms with Crippen LogP contribution in [0.25, 0.3) is 0 Å². The molecule has 0 aliphatic rings. The van der Waals surface area contributed by atoms with E-state index < -0.39 is 0 Å². The van der Waals surface area contributed by atoms with Crippen LogP contribution in [-0.2, 0) is 0 Å². The van der Waals surface area contributed by atoms with Crippen LogP contribution in [0.5, 0.6) is 0 Å². The van der Waals surface area contributed by atoms with Crippen molar-refractivity contribution in [2.75, 3.05) is 14.1 Å². The second-order valence-corrected chi connectivity index (χ2v) is 4.81. The third-order valence-corrected chi connectivity index (χ3v) is 3.41. The van der Waals surface area contributed by atoms with Crippen LogP contribution in [0.4, 0.5) is 0 Å². The number of quaternary nitrogens is 1. The Kier molecular flexibility index (Phi) is 5.77. The van der Waals surface area contributed by atoms with Crippen molar-refractivity contribution in [2.24, 2.45) is 0 Å². The Morgan fingerprint density at radius 3 is 2.00 bits per heavy atom. The van der Waals surface area contributed by atoms with Gasteiger partial charge in [0.05, 0.1) is 20.1 Å². The molecule has 90 valence electrons. The first-order valence-electron chi connectivity index (χ1n) is 5.51. The van der Waals surface area contributed by atoms with E-state index in [0.717, 1.165) is 4.48 Å². The molecule has 1 rings (SSSR count). The van der Waals surface area contributed by atoms with Gasteiger partial charge in [-0.3, -0.25) is 0 Å². The van der Waals surface area contributed by atoms with Crippen LogP contribution in [0, 0.1) is 0 Å². The van der Waals surface area contributed by atoms with E-state index in [4.69, 9.17) is 0 Å². The fourth-order valence-corrected chi connectivity index (χ4v) is 1.76. The maximum Gasteiger partial charge on any atom is 0.133 e. The van der Waals surface area contributed by atoms with Crippen LogP contribution in [-0.4, -0.2) is 24.6 Å². The van der Waals surface area contributed by atoms with Crippen LogP contribution >= 0.6 is 0 Å². The monoisotopic (exact) mass is 239 g/mol. The average Bonchev–Trinajstić information content (AvgIpc) is 2.19. The van der Waals surface area contributed by atoms with Gasteiger partial charge in [0.25, 0.3) is 0 Å². The summed E-state index contributed by atoms with van der Waals surface area (Å²) >= 11 is 0. The highest BCUT2D eigenvalue weighted by Crippen LogP contribution is 2.28. The lowest BCUT2D eigenvalue weighted by atomic mass is 10.0. The molecule has 0 aromatic heterocycles. The van der Waals surface area contributed by atoms with Gasteiger partial charge >= 0.3 is 0 Å². The van der Waals surface area contributed by atoms with Crippen molar-refractivity contribution in [3.8, 4) is 0 Å². The van der Waals surface area contributed by atoms with Crippen LogP contribution in [0.3, 0.4) is 0 Å². The maximum atomic E-state index is 3.97. The zero-order valence-corrected chi connectivity index (χ0v) is 11.4. The Hall–Kier alpha value is -0.790. The molecular formula is C14H22ClN. The lowest BCUT2D eigenvalue weighted by Crippen LogP contribution is -3.00. The van der Waals surface area contributed by atoms with E-state index in [2.05, 4.69) is 70.9 Å². The molecule has 0 saturated carbocycles. The maximum absolute atomic E-state index is 3.97. The largest absolute Gasteiger partial charge is 1.00 e. The van der Waals surface area contributed by atoms with Gasteiger partial charge in [-0.25, -0.2) is 0 Å². The third kappa shape index (κ3) is 3.10. The fourth-order valence-electron chi connectivity index (χ4n) is 1.76. The minimum Gasteiger partial charge on any atom is -1.00 e. The molecule has 0 saturated heterocycles. The smallest absolute Gasteiger partial charge is 0.133 e. The molecule has 1 unspecified atom stereocenters. The molecule has 0 amide bonds. The molecule has 0 aliphatic carbocycles. The van der Waals surface area contributed by atoms with E-state index in [9.17, 15) is 0 Å². The summed E-state index contributed by atoms with van der Waals surface area (Å²) in [5.74, 6) is 0. The molecule has 0 bridgehead atoms. The molecule has 0 fully saturated rings. The highest BCUT2D eigenvalue weighted by molar-refractivity contribution is 5.20. The van der Waals surface area contributed by atoms with E-state index >= 15 is 0 Å². The first-order chi connectivity index (χ1) is 7.00. The topological polar surface area (TPSA) is 0 Å². The summed E-state index contributed by atoms with van der Waals surface area (Å²) in [6.45, 7) is 8.47. The lowest BCUT2D eigenvalue weighted by molar-refractivity contribution is -0.934. The van der Waals surface area contributed by atoms with Crippen molar-refractivity contribution >= 4 is 0 Å². The van der Waals surface area contributed by atoms with Gasteiger partial charge in [0.2, 0.25) is 0 Å². The molecule has 1 nitrogen and oxygen atoms in total. The van der Waals surface area contributed by atoms with Gasteiger partial charge in [-0.1, -0.05) is 36.9 Å². The van der Waals surface area contributed by atoms with Gasteiger partial charge in [0.1, 0.15) is 6.04 Å². The van der Waals surface area contributed by atoms with Gasteiger partial charge in [-0.15, -0.1) is 0 Å². The molecule has 1 aromatic carbocycles. The zero-order chi connectivity index (χ0) is 11.5. The van der Waals surface area contributed by atoms with Crippen LogP contribution in [0.1, 0.15) is 25.5 Å². The van der Waals surface area contributed by atoms with Crippen molar-refractivity contribution in [3.05, 3.63) is 48.6 Å². The summed E-state index contributed by atoms with van der Waals surface area (Å²) in [5, 5.41) is 0. The molecule has 1 aromatic rings. The van der Waals surface area contributed by atoms with Gasteiger partial charge < -0.3 is 16.9 Å². The summed E-state index contributed by atoms with van der Waals surface area (Å²) in [7, 11) is 4.51. The van der Waals surface area contributed by atoms with Crippen LogP contribution < -0.4 is 12.4 Å². The second-order valence-electron chi connectivity index (χ2n) is 4.81. The summed E-state index contributed by atoms with van der Waals surface area (Å²) in [6, 6.07) is 11.5. The fraction of sp³-hybridized carbons (Fsp3) is 0.429. The summed E-state index contributed by atoms with van der Waals surface area (Å²) in [4.78, 5) is 0. The second kappa shape index (κ2) is 6.07. The SMILES string of the molecule is C=CC(c1ccccc1)[N+](C)(C)C(C)C.[Cl-]. The molecule has 16 heavy (non-hydrogen) atoms. The molecule has 0 heterocycles. The van der Waals surface area contributed by atoms with Gasteiger partial charge in [0, 0.05) is 5.56 Å². The Labute approximate surface area is 106 Å². The van der Waals surface area contributed by atoms with Crippen LogP contribution in [0.2, 0.25) is 0 Å². The van der Waals surface area contributed by atoms with E-state index in [-0.39, 0.29) is 12.4 Å². The number of halogens is 1. The Balaban J connectivity index is 0.00000225. The predicted octanol–water partition coefficient (Wildman–Crippen LogP) is 0.402. The summed E-state index contributed by atoms with van der Waals surface area (Å²) < 4.78 is 0.938. The van der Waals surface area contributed by atoms with E-state index in [1.165, 1.54) is 5.56 Å². The highest BCUT2D eigenvalue weighted by Gasteiger charge is 2.29. The first-order valence-corrected chi connectivity index (χ1v) is 5.51. The molecule has 1 atom stereocenters. The minimum absolute atomic E-state index is 0. The Morgan fingerprint density at radius 1 is 1.12 bits per heavy atom. The van der Waals surface area contributed by atoms with E-state index in [1.807, 2.05) is 0 Å². The quantitative estimate of drug-likeness (QED) is 0.527. The van der Waals surface area contributed by atoms with Crippen molar-refractivity contribution in [2.45, 2.75) is 25.9 Å². The summed E-state index contributed by atoms with van der Waals surface area (Å²) in [5.41, 5.74) is 1.34. The van der Waals surface area contributed by atoms with Crippen molar-refractivity contribution in [3.63, 3.8) is 0 Å². The van der Waals surface area contributed by atoms with E-state index in [0.29, 0.717) is 12.1 Å². The van der Waals surface area contributed by atoms with Gasteiger partial charge in [0.15, 0.2) is 0 Å². The minimum atomic E-state index is 0. The van der Waals surface area contributed by atoms with Crippen molar-refractivity contribution in [1.29, 1.82) is 0 Å². The van der Waals surface area contributed by atoms with Gasteiger partial charge in [-0.05, 0) is 19.9 Å². The summed E-state index contributed by atoms with van der Waals surface area (Å²) in [6.07, 6.45) is 2.05. The molecule has 2 heteroatoms. The van der Waals surface area contributed by atoms with Crippen molar-refractivity contribution in [1.82, 2.24) is 0 Å². The molecular weight excluding hydrogens is 218 g/mol. The average molecular weight is 240 g/mol. The number of nitrogens with zero attached hydrogens (tertiary/aromatic N) is 1. The van der Waals surface area contributed by atoms with Crippen LogP contribution in [0.15, 0.2) is 43.0 Å². The lowest BCUT2D eigenvalue weighted by Gasteiger charge is -2.40. The Morgan fingerprint density at radius 2 is 1.62 bits per heavy atom. The molecule has 0 spiro atoms. The van der Waals surface area contributed by atoms with Gasteiger partial charge in [-0.2, -0.15) is 0 Å². The highest BCUT2D eigenvalue weighted by atomic mass is 35.5. The third-order valence-electron chi connectivity index (χ3n) is 3.41. The molecule has 0 radical (unpaired) electrons. The normalized spacial score (nSPS) is 13.1. The Bertz CT molecular complexity index is 317. The molecule has 0 aliphatic heterocycles. The first kappa shape index (κ1) is 15.2. The van der Waals surface area contributed by atoms with E-state index in [1.54, 1.807) is 0 Å². The number of hydrogen-bond acceptors (Lipinski definition) is 0. The number of likely N-dealkylation sites (N-methyl/N-ethyl adjacent to an activating group) is 1. The van der Waals surface area contributed by atoms with Crippen molar-refractivity contribution < 1.29 is 16.9 Å². The number of hydrogen-bond donors (Lipinski definition) is 0.